The van der Waals surface area contributed by atoms with Crippen LogP contribution in [-0.2, 0) is 9.59 Å². The van der Waals surface area contributed by atoms with E-state index in [1.54, 1.807) is 0 Å². The molecule has 0 aromatic rings. The molecule has 6 heteroatoms. The smallest absolute Gasteiger partial charge is 0.300 e. The Bertz CT molecular complexity index is 275. The summed E-state index contributed by atoms with van der Waals surface area (Å²) in [5.74, 6) is -0.778. The Morgan fingerprint density at radius 2 is 2.29 bits per heavy atom. The molecule has 0 fully saturated rings. The van der Waals surface area contributed by atoms with Crippen molar-refractivity contribution in [3.8, 4) is 0 Å². The lowest BCUT2D eigenvalue weighted by Crippen LogP contribution is -2.44. The number of rotatable bonds is 4. The molecule has 0 bridgehead atoms. The maximum Gasteiger partial charge on any atom is 0.300 e. The van der Waals surface area contributed by atoms with E-state index >= 15 is 0 Å². The van der Waals surface area contributed by atoms with Crippen LogP contribution in [-0.4, -0.2) is 29.4 Å². The second-order valence-electron chi connectivity index (χ2n) is 3.68. The first-order valence-electron chi connectivity index (χ1n) is 4.54. The third kappa shape index (κ3) is 2.27. The first kappa shape index (κ1) is 10.6. The Hall–Kier alpha value is -1.46. The van der Waals surface area contributed by atoms with Crippen LogP contribution in [0.4, 0.5) is 0 Å². The van der Waals surface area contributed by atoms with Gasteiger partial charge in [-0.05, 0) is 12.3 Å². The largest absolute Gasteiger partial charge is 0.367 e. The molecule has 0 radical (unpaired) electrons. The number of carbonyl (C=O) groups excluding carboxylic acids is 2. The van der Waals surface area contributed by atoms with E-state index in [0.29, 0.717) is 12.5 Å². The van der Waals surface area contributed by atoms with Crippen molar-refractivity contribution in [3.05, 3.63) is 0 Å². The molecule has 0 saturated heterocycles. The summed E-state index contributed by atoms with van der Waals surface area (Å²) in [7, 11) is 0. The standard InChI is InChI=1S/C8H14N4O2/c1-5(2)3-4-12-6(7(9)13)8(14)10-11-12/h5-6H,3-4H2,1-2H3,(H2,9,13). The van der Waals surface area contributed by atoms with Crippen molar-refractivity contribution in [2.24, 2.45) is 22.0 Å². The molecule has 1 heterocycles. The maximum absolute atomic E-state index is 11.1. The van der Waals surface area contributed by atoms with Gasteiger partial charge in [-0.2, -0.15) is 0 Å². The van der Waals surface area contributed by atoms with Gasteiger partial charge in [-0.1, -0.05) is 24.2 Å². The van der Waals surface area contributed by atoms with E-state index in [1.165, 1.54) is 5.01 Å². The Morgan fingerprint density at radius 3 is 2.79 bits per heavy atom. The average Bonchev–Trinajstić information content (AvgIpc) is 2.43. The molecule has 0 aliphatic carbocycles. The van der Waals surface area contributed by atoms with E-state index in [9.17, 15) is 9.59 Å². The van der Waals surface area contributed by atoms with Crippen molar-refractivity contribution in [1.29, 1.82) is 0 Å². The highest BCUT2D eigenvalue weighted by molar-refractivity contribution is 6.04. The predicted octanol–water partition coefficient (Wildman–Crippen LogP) is 0.0958. The van der Waals surface area contributed by atoms with E-state index in [0.717, 1.165) is 6.42 Å². The molecule has 14 heavy (non-hydrogen) atoms. The van der Waals surface area contributed by atoms with Gasteiger partial charge in [-0.25, -0.2) is 0 Å². The predicted molar refractivity (Wildman–Crippen MR) is 49.0 cm³/mol. The van der Waals surface area contributed by atoms with E-state index in [4.69, 9.17) is 5.73 Å². The Balaban J connectivity index is 2.56. The van der Waals surface area contributed by atoms with Gasteiger partial charge in [0.2, 0.25) is 6.04 Å². The molecular formula is C8H14N4O2. The van der Waals surface area contributed by atoms with Crippen LogP contribution in [0.5, 0.6) is 0 Å². The number of amides is 2. The van der Waals surface area contributed by atoms with Gasteiger partial charge in [0.1, 0.15) is 0 Å². The summed E-state index contributed by atoms with van der Waals surface area (Å²) in [5, 5.41) is 8.26. The Morgan fingerprint density at radius 1 is 1.64 bits per heavy atom. The molecule has 0 aromatic carbocycles. The lowest BCUT2D eigenvalue weighted by molar-refractivity contribution is -0.130. The molecule has 1 aliphatic rings. The van der Waals surface area contributed by atoms with Gasteiger partial charge in [0, 0.05) is 6.54 Å². The number of carbonyl (C=O) groups is 2. The normalized spacial score (nSPS) is 20.9. The summed E-state index contributed by atoms with van der Waals surface area (Å²) in [6, 6.07) is -0.992. The fourth-order valence-electron chi connectivity index (χ4n) is 1.17. The van der Waals surface area contributed by atoms with Gasteiger partial charge in [0.05, 0.1) is 0 Å². The van der Waals surface area contributed by atoms with E-state index < -0.39 is 17.9 Å². The van der Waals surface area contributed by atoms with Crippen LogP contribution in [0.2, 0.25) is 0 Å². The fourth-order valence-corrected chi connectivity index (χ4v) is 1.17. The van der Waals surface area contributed by atoms with Crippen LogP contribution in [0.15, 0.2) is 10.3 Å². The van der Waals surface area contributed by atoms with Crippen LogP contribution < -0.4 is 5.73 Å². The van der Waals surface area contributed by atoms with Gasteiger partial charge in [0.15, 0.2) is 0 Å². The van der Waals surface area contributed by atoms with Crippen molar-refractivity contribution in [1.82, 2.24) is 5.01 Å². The molecule has 2 N–H and O–H groups in total. The summed E-state index contributed by atoms with van der Waals surface area (Å²) >= 11 is 0. The first-order valence-corrected chi connectivity index (χ1v) is 4.54. The minimum atomic E-state index is -0.992. The molecule has 1 aliphatic heterocycles. The minimum Gasteiger partial charge on any atom is -0.367 e. The zero-order chi connectivity index (χ0) is 10.7. The van der Waals surface area contributed by atoms with Crippen LogP contribution >= 0.6 is 0 Å². The lowest BCUT2D eigenvalue weighted by atomic mass is 10.1. The average molecular weight is 198 g/mol. The van der Waals surface area contributed by atoms with Crippen LogP contribution in [0.3, 0.4) is 0 Å². The molecule has 1 unspecified atom stereocenters. The molecule has 1 atom stereocenters. The first-order chi connectivity index (χ1) is 6.52. The lowest BCUT2D eigenvalue weighted by Gasteiger charge is -2.18. The van der Waals surface area contributed by atoms with E-state index in [1.807, 2.05) is 13.8 Å². The third-order valence-electron chi connectivity index (χ3n) is 2.00. The zero-order valence-corrected chi connectivity index (χ0v) is 8.30. The summed E-state index contributed by atoms with van der Waals surface area (Å²) in [6.07, 6.45) is 0.843. The van der Waals surface area contributed by atoms with Crippen LogP contribution in [0.1, 0.15) is 20.3 Å². The highest BCUT2D eigenvalue weighted by Crippen LogP contribution is 2.13. The molecule has 6 nitrogen and oxygen atoms in total. The number of hydrogen-bond acceptors (Lipinski definition) is 4. The molecule has 2 amide bonds. The summed E-state index contributed by atoms with van der Waals surface area (Å²) < 4.78 is 0. The minimum absolute atomic E-state index is 0.481. The SMILES string of the molecule is CC(C)CCN1N=NC(=O)C1C(N)=O. The quantitative estimate of drug-likeness (QED) is 0.649. The molecule has 0 saturated carbocycles. The second kappa shape index (κ2) is 4.17. The van der Waals surface area contributed by atoms with Crippen LogP contribution in [0.25, 0.3) is 0 Å². The van der Waals surface area contributed by atoms with Gasteiger partial charge < -0.3 is 5.73 Å². The van der Waals surface area contributed by atoms with Gasteiger partial charge in [-0.15, -0.1) is 0 Å². The molecule has 1 rings (SSSR count). The Labute approximate surface area is 82.1 Å². The van der Waals surface area contributed by atoms with Crippen molar-refractivity contribution in [2.75, 3.05) is 6.54 Å². The maximum atomic E-state index is 11.1. The highest BCUT2D eigenvalue weighted by atomic mass is 16.2. The number of nitrogens with two attached hydrogens (primary N) is 1. The van der Waals surface area contributed by atoms with Gasteiger partial charge in [0.25, 0.3) is 11.8 Å². The molecule has 0 spiro atoms. The van der Waals surface area contributed by atoms with Gasteiger partial charge in [-0.3, -0.25) is 14.6 Å². The summed E-state index contributed by atoms with van der Waals surface area (Å²) in [5.41, 5.74) is 5.06. The third-order valence-corrected chi connectivity index (χ3v) is 2.00. The summed E-state index contributed by atoms with van der Waals surface area (Å²) in [4.78, 5) is 22.0. The van der Waals surface area contributed by atoms with E-state index in [2.05, 4.69) is 10.3 Å². The van der Waals surface area contributed by atoms with E-state index in [-0.39, 0.29) is 0 Å². The monoisotopic (exact) mass is 198 g/mol. The van der Waals surface area contributed by atoms with Crippen LogP contribution in [0, 0.1) is 5.92 Å². The number of nitrogens with zero attached hydrogens (tertiary/aromatic N) is 3. The highest BCUT2D eigenvalue weighted by Gasteiger charge is 2.35. The number of hydrogen-bond donors (Lipinski definition) is 1. The molecule has 0 aromatic heterocycles. The topological polar surface area (TPSA) is 88.1 Å². The van der Waals surface area contributed by atoms with Crippen molar-refractivity contribution in [2.45, 2.75) is 26.3 Å². The summed E-state index contributed by atoms with van der Waals surface area (Å²) in [6.45, 7) is 4.63. The van der Waals surface area contributed by atoms with Crippen molar-refractivity contribution >= 4 is 11.8 Å². The van der Waals surface area contributed by atoms with Gasteiger partial charge >= 0.3 is 0 Å². The Kier molecular flexibility index (Phi) is 3.16. The second-order valence-corrected chi connectivity index (χ2v) is 3.68. The molecule has 78 valence electrons. The van der Waals surface area contributed by atoms with Crippen molar-refractivity contribution in [3.63, 3.8) is 0 Å². The molecular weight excluding hydrogens is 184 g/mol. The number of primary amides is 1. The zero-order valence-electron chi connectivity index (χ0n) is 8.30. The van der Waals surface area contributed by atoms with Crippen molar-refractivity contribution < 1.29 is 9.59 Å². The fraction of sp³-hybridized carbons (Fsp3) is 0.750.